The predicted molar refractivity (Wildman–Crippen MR) is 278 cm³/mol. The molecule has 0 aliphatic carbocycles. The third-order valence-corrected chi connectivity index (χ3v) is 15.5. The molecule has 0 aromatic heterocycles. The molecular weight excluding hydrogens is 911 g/mol. The summed E-state index contributed by atoms with van der Waals surface area (Å²) in [7, 11) is 0. The quantitative estimate of drug-likeness (QED) is 0.0267. The van der Waals surface area contributed by atoms with Crippen LogP contribution in [-0.2, 0) is 19.0 Å². The SMILES string of the molecule is CCCCCCCCCCCCCCCCCCCCCCCCCC(=O)C(CCCCCCC)CCCCCC[C@@H](O)[C@@H](O)[C@H](N)C(O[C@H]1O[C@H](CO)[C@H](O)[C@H](O)[C@H]1[16OH])[C@H]1O[C@H](CO)[C@@H](O)[C@H](O)[C@H]1O. The van der Waals surface area contributed by atoms with E-state index < -0.39 is 98.8 Å². The normalized spacial score (nSPS) is 27.1. The molecule has 0 aromatic rings. The van der Waals surface area contributed by atoms with Crippen molar-refractivity contribution in [1.29, 1.82) is 0 Å². The number of carbonyl (C=O) groups excluding carboxylic acids is 1. The van der Waals surface area contributed by atoms with E-state index in [1.54, 1.807) is 0 Å². The van der Waals surface area contributed by atoms with Crippen molar-refractivity contribution in [2.24, 2.45) is 11.7 Å². The van der Waals surface area contributed by atoms with Crippen molar-refractivity contribution in [3.63, 3.8) is 0 Å². The summed E-state index contributed by atoms with van der Waals surface area (Å²) in [5.41, 5.74) is 6.45. The van der Waals surface area contributed by atoms with Crippen molar-refractivity contribution in [3.8, 4) is 0 Å². The monoisotopic (exact) mass is 1020 g/mol. The van der Waals surface area contributed by atoms with Gasteiger partial charge in [0.05, 0.1) is 31.5 Å². The van der Waals surface area contributed by atoms with Crippen LogP contribution in [0.25, 0.3) is 0 Å². The Morgan fingerprint density at radius 2 is 0.817 bits per heavy atom. The summed E-state index contributed by atoms with van der Waals surface area (Å²) in [6.07, 6.45) is 20.4. The van der Waals surface area contributed by atoms with Gasteiger partial charge in [-0.1, -0.05) is 213 Å². The zero-order valence-corrected chi connectivity index (χ0v) is 44.7. The van der Waals surface area contributed by atoms with E-state index in [0.29, 0.717) is 18.6 Å². The average molecular weight is 1020 g/mol. The summed E-state index contributed by atoms with van der Waals surface area (Å²) in [6, 6.07) is -1.58. The molecule has 0 bridgehead atoms. The molecule has 422 valence electrons. The Balaban J connectivity index is 1.71. The summed E-state index contributed by atoms with van der Waals surface area (Å²) in [4.78, 5) is 13.5. The number of hydrogen-bond acceptors (Lipinski definition) is 15. The molecule has 15 nitrogen and oxygen atoms in total. The summed E-state index contributed by atoms with van der Waals surface area (Å²) in [6.45, 7) is 2.94. The molecule has 2 aliphatic rings. The zero-order valence-electron chi connectivity index (χ0n) is 44.7. The van der Waals surface area contributed by atoms with Gasteiger partial charge in [-0.3, -0.25) is 4.79 Å². The number of Topliss-reactive ketones (excluding diaryl/α,β-unsaturated/α-hetero) is 1. The van der Waals surface area contributed by atoms with Crippen LogP contribution >= 0.6 is 0 Å². The first-order valence-corrected chi connectivity index (χ1v) is 29.2. The molecule has 71 heavy (non-hydrogen) atoms. The molecule has 15 heteroatoms. The maximum absolute atomic E-state index is 13.5. The van der Waals surface area contributed by atoms with E-state index in [0.717, 1.165) is 57.8 Å². The minimum absolute atomic E-state index is 0.0600. The second-order valence-electron chi connectivity index (χ2n) is 21.6. The molecule has 15 atom stereocenters. The van der Waals surface area contributed by atoms with Crippen LogP contribution in [0.3, 0.4) is 0 Å². The fraction of sp³-hybridized carbons (Fsp3) is 0.982. The fourth-order valence-electron chi connectivity index (χ4n) is 10.6. The molecule has 0 amide bonds. The number of carbonyl (C=O) groups is 1. The van der Waals surface area contributed by atoms with Crippen LogP contribution in [0.2, 0.25) is 0 Å². The highest BCUT2D eigenvalue weighted by Gasteiger charge is 2.52. The number of hydrogen-bond donors (Lipinski definition) is 11. The van der Waals surface area contributed by atoms with Gasteiger partial charge in [-0.15, -0.1) is 0 Å². The van der Waals surface area contributed by atoms with E-state index in [9.17, 15) is 55.9 Å². The van der Waals surface area contributed by atoms with Gasteiger partial charge in [0.1, 0.15) is 66.8 Å². The number of ketones is 1. The molecule has 2 aliphatic heterocycles. The first kappa shape index (κ1) is 66.2. The predicted octanol–water partition coefficient (Wildman–Crippen LogP) is 7.33. The Bertz CT molecular complexity index is 1250. The van der Waals surface area contributed by atoms with Crippen molar-refractivity contribution < 1.29 is 70.1 Å². The largest absolute Gasteiger partial charge is 0.394 e. The molecule has 12 N–H and O–H groups in total. The summed E-state index contributed by atoms with van der Waals surface area (Å²) < 4.78 is 17.0. The van der Waals surface area contributed by atoms with E-state index in [4.69, 9.17) is 19.9 Å². The van der Waals surface area contributed by atoms with Gasteiger partial charge in [0, 0.05) is 12.3 Å². The molecule has 2 unspecified atom stereocenters. The Labute approximate surface area is 430 Å². The first-order chi connectivity index (χ1) is 34.3. The van der Waals surface area contributed by atoms with Gasteiger partial charge in [-0.05, 0) is 25.7 Å². The molecule has 2 saturated heterocycles. The number of aliphatic hydroxyl groups is 10. The van der Waals surface area contributed by atoms with E-state index in [-0.39, 0.29) is 12.3 Å². The Kier molecular flexibility index (Phi) is 38.5. The van der Waals surface area contributed by atoms with Crippen molar-refractivity contribution in [2.75, 3.05) is 13.2 Å². The van der Waals surface area contributed by atoms with Crippen LogP contribution in [0, 0.1) is 5.92 Å². The summed E-state index contributed by atoms with van der Waals surface area (Å²) in [5, 5.41) is 105. The van der Waals surface area contributed by atoms with Crippen molar-refractivity contribution in [3.05, 3.63) is 0 Å². The minimum Gasteiger partial charge on any atom is -0.394 e. The third-order valence-electron chi connectivity index (χ3n) is 15.5. The van der Waals surface area contributed by atoms with Crippen LogP contribution in [-0.4, -0.2) is 156 Å². The summed E-state index contributed by atoms with van der Waals surface area (Å²) in [5.74, 6) is 0.446. The second kappa shape index (κ2) is 41.3. The average Bonchev–Trinajstić information content (AvgIpc) is 3.37. The highest BCUT2D eigenvalue weighted by molar-refractivity contribution is 5.80. The summed E-state index contributed by atoms with van der Waals surface area (Å²) >= 11 is 0. The van der Waals surface area contributed by atoms with Crippen LogP contribution in [0.5, 0.6) is 0 Å². The maximum atomic E-state index is 13.5. The van der Waals surface area contributed by atoms with Gasteiger partial charge in [0.2, 0.25) is 0 Å². The topological polar surface area (TPSA) is 273 Å². The highest BCUT2D eigenvalue weighted by Crippen LogP contribution is 2.31. The first-order valence-electron chi connectivity index (χ1n) is 29.2. The van der Waals surface area contributed by atoms with Crippen molar-refractivity contribution in [1.82, 2.24) is 0 Å². The number of nitrogens with two attached hydrogens (primary N) is 1. The van der Waals surface area contributed by atoms with Gasteiger partial charge in [0.25, 0.3) is 0 Å². The molecule has 2 fully saturated rings. The lowest BCUT2D eigenvalue weighted by Crippen LogP contribution is -2.68. The van der Waals surface area contributed by atoms with Crippen molar-refractivity contribution >= 4 is 5.78 Å². The number of ether oxygens (including phenoxy) is 3. The fourth-order valence-corrected chi connectivity index (χ4v) is 10.6. The molecule has 0 saturated carbocycles. The van der Waals surface area contributed by atoms with E-state index in [1.165, 1.54) is 154 Å². The Morgan fingerprint density at radius 1 is 0.465 bits per heavy atom. The van der Waals surface area contributed by atoms with Crippen molar-refractivity contribution in [2.45, 2.75) is 331 Å². The van der Waals surface area contributed by atoms with Crippen LogP contribution < -0.4 is 5.73 Å². The lowest BCUT2D eigenvalue weighted by Gasteiger charge is -2.47. The molecular formula is C56H109NO14. The van der Waals surface area contributed by atoms with Gasteiger partial charge in [0.15, 0.2) is 6.29 Å². The maximum Gasteiger partial charge on any atom is 0.187 e. The zero-order chi connectivity index (χ0) is 52.2. The molecule has 2 heterocycles. The Hall–Kier alpha value is -0.890. The van der Waals surface area contributed by atoms with Gasteiger partial charge >= 0.3 is 0 Å². The smallest absolute Gasteiger partial charge is 0.187 e. The van der Waals surface area contributed by atoms with Gasteiger partial charge < -0.3 is 71.0 Å². The lowest BCUT2D eigenvalue weighted by molar-refractivity contribution is -0.335. The molecule has 0 radical (unpaired) electrons. The Morgan fingerprint density at radius 3 is 1.23 bits per heavy atom. The van der Waals surface area contributed by atoms with Gasteiger partial charge in [-0.2, -0.15) is 0 Å². The van der Waals surface area contributed by atoms with Crippen LogP contribution in [0.1, 0.15) is 245 Å². The number of unbranched alkanes of at least 4 members (excludes halogenated alkanes) is 29. The van der Waals surface area contributed by atoms with E-state index in [1.807, 2.05) is 0 Å². The van der Waals surface area contributed by atoms with E-state index >= 15 is 0 Å². The third kappa shape index (κ3) is 26.6. The van der Waals surface area contributed by atoms with Crippen LogP contribution in [0.4, 0.5) is 0 Å². The standard InChI is InChI=1S/C56H109NO14/c1-3-5-7-9-10-11-12-13-14-15-16-17-18-19-20-21-22-23-24-25-26-28-33-37-42(60)41(35-31-27-8-6-4-2)36-32-29-30-34-38-43(61)47(62)46(57)54(55-52(67)50(65)48(63)44(39-58)69-55)71-56-53(68)51(66)49(64)45(40-59)70-56/h41,43-56,58-59,61-68H,3-40,57H2,1-2H3/t41?,43-,44-,45-,46+,47-,48-,49+,50+,51+,52-,53-,54?,55+,56-/m1/s1/i68+0. The second-order valence-corrected chi connectivity index (χ2v) is 21.6. The molecule has 0 spiro atoms. The lowest BCUT2D eigenvalue weighted by atomic mass is 9.86. The minimum atomic E-state index is -1.89. The number of aliphatic hydroxyl groups excluding tert-OH is 10. The highest BCUT2D eigenvalue weighted by atomic mass is 16.7. The molecule has 0 aromatic carbocycles. The number of rotatable bonds is 46. The van der Waals surface area contributed by atoms with Gasteiger partial charge in [-0.25, -0.2) is 0 Å². The molecule has 2 rings (SSSR count). The van der Waals surface area contributed by atoms with Crippen LogP contribution in [0.15, 0.2) is 0 Å². The van der Waals surface area contributed by atoms with E-state index in [2.05, 4.69) is 13.8 Å².